The molecule has 0 spiro atoms. The molecule has 0 heterocycles. The van der Waals surface area contributed by atoms with Crippen molar-refractivity contribution in [2.75, 3.05) is 0 Å². The minimum absolute atomic E-state index is 0.394. The van der Waals surface area contributed by atoms with Crippen LogP contribution in [-0.2, 0) is 11.2 Å². The number of rotatable bonds is 11. The van der Waals surface area contributed by atoms with Crippen molar-refractivity contribution < 1.29 is 4.79 Å². The van der Waals surface area contributed by atoms with Gasteiger partial charge in [-0.3, -0.25) is 4.79 Å². The monoisotopic (exact) mass is 288 g/mol. The van der Waals surface area contributed by atoms with Crippen LogP contribution >= 0.6 is 0 Å². The van der Waals surface area contributed by atoms with Crippen molar-refractivity contribution in [3.63, 3.8) is 0 Å². The highest BCUT2D eigenvalue weighted by Gasteiger charge is 2.04. The Morgan fingerprint density at radius 1 is 0.810 bits per heavy atom. The standard InChI is InChI=1S/C20H32O/c1-4-5-6-7-8-9-10-11-12-20(21)16-19-14-17(2)13-18(3)15-19/h13-15H,4-12,16H2,1-3H3. The molecule has 0 fully saturated rings. The Kier molecular flexibility index (Phi) is 9.05. The molecule has 21 heavy (non-hydrogen) atoms. The Bertz CT molecular complexity index is 400. The van der Waals surface area contributed by atoms with Crippen molar-refractivity contribution in [3.8, 4) is 0 Å². The molecule has 0 radical (unpaired) electrons. The highest BCUT2D eigenvalue weighted by molar-refractivity contribution is 5.80. The van der Waals surface area contributed by atoms with Gasteiger partial charge in [-0.1, -0.05) is 81.2 Å². The van der Waals surface area contributed by atoms with E-state index < -0.39 is 0 Å². The smallest absolute Gasteiger partial charge is 0.137 e. The Balaban J connectivity index is 2.11. The molecule has 0 bridgehead atoms. The van der Waals surface area contributed by atoms with Gasteiger partial charge in [-0.05, 0) is 25.8 Å². The minimum atomic E-state index is 0.394. The van der Waals surface area contributed by atoms with Crippen LogP contribution in [0, 0.1) is 13.8 Å². The normalized spacial score (nSPS) is 10.8. The number of aryl methyl sites for hydroxylation is 2. The van der Waals surface area contributed by atoms with E-state index in [9.17, 15) is 4.79 Å². The predicted octanol–water partition coefficient (Wildman–Crippen LogP) is 5.95. The molecule has 0 amide bonds. The van der Waals surface area contributed by atoms with Crippen molar-refractivity contribution in [2.24, 2.45) is 0 Å². The van der Waals surface area contributed by atoms with Crippen LogP contribution in [0.4, 0.5) is 0 Å². The van der Waals surface area contributed by atoms with Crippen LogP contribution < -0.4 is 0 Å². The second kappa shape index (κ2) is 10.6. The fourth-order valence-electron chi connectivity index (χ4n) is 2.94. The molecule has 0 saturated heterocycles. The molecule has 118 valence electrons. The average molecular weight is 288 g/mol. The molecule has 1 aromatic carbocycles. The summed E-state index contributed by atoms with van der Waals surface area (Å²) in [6.07, 6.45) is 11.7. The number of carbonyl (C=O) groups is 1. The number of benzene rings is 1. The highest BCUT2D eigenvalue weighted by Crippen LogP contribution is 2.13. The number of Topliss-reactive ketones (excluding diaryl/α,β-unsaturated/α-hetero) is 1. The van der Waals surface area contributed by atoms with E-state index in [1.165, 1.54) is 61.6 Å². The Morgan fingerprint density at radius 3 is 1.90 bits per heavy atom. The first-order chi connectivity index (χ1) is 10.1. The van der Waals surface area contributed by atoms with E-state index in [4.69, 9.17) is 0 Å². The molecule has 0 saturated carbocycles. The van der Waals surface area contributed by atoms with Crippen molar-refractivity contribution in [1.82, 2.24) is 0 Å². The molecule has 0 aliphatic carbocycles. The summed E-state index contributed by atoms with van der Waals surface area (Å²) in [6.45, 7) is 6.44. The molecule has 0 atom stereocenters. The van der Waals surface area contributed by atoms with Crippen molar-refractivity contribution >= 4 is 5.78 Å². The topological polar surface area (TPSA) is 17.1 Å². The number of unbranched alkanes of at least 4 members (excludes halogenated alkanes) is 7. The van der Waals surface area contributed by atoms with Crippen LogP contribution in [0.15, 0.2) is 18.2 Å². The zero-order valence-electron chi connectivity index (χ0n) is 14.2. The Hall–Kier alpha value is -1.11. The maximum Gasteiger partial charge on any atom is 0.137 e. The lowest BCUT2D eigenvalue weighted by molar-refractivity contribution is -0.118. The number of hydrogen-bond donors (Lipinski definition) is 0. The van der Waals surface area contributed by atoms with Crippen LogP contribution in [0.2, 0.25) is 0 Å². The Labute approximate surface area is 131 Å². The van der Waals surface area contributed by atoms with Gasteiger partial charge in [0.05, 0.1) is 0 Å². The lowest BCUT2D eigenvalue weighted by atomic mass is 10.00. The average Bonchev–Trinajstić information content (AvgIpc) is 2.40. The fourth-order valence-corrected chi connectivity index (χ4v) is 2.94. The molecule has 1 heteroatoms. The molecule has 1 nitrogen and oxygen atoms in total. The number of ketones is 1. The van der Waals surface area contributed by atoms with Crippen LogP contribution in [0.5, 0.6) is 0 Å². The van der Waals surface area contributed by atoms with Crippen LogP contribution in [0.3, 0.4) is 0 Å². The van der Waals surface area contributed by atoms with Gasteiger partial charge < -0.3 is 0 Å². The van der Waals surface area contributed by atoms with E-state index >= 15 is 0 Å². The zero-order chi connectivity index (χ0) is 15.5. The van der Waals surface area contributed by atoms with Gasteiger partial charge in [0.25, 0.3) is 0 Å². The quantitative estimate of drug-likeness (QED) is 0.460. The molecule has 0 N–H and O–H groups in total. The molecule has 0 unspecified atom stereocenters. The van der Waals surface area contributed by atoms with E-state index in [-0.39, 0.29) is 0 Å². The summed E-state index contributed by atoms with van der Waals surface area (Å²) in [5, 5.41) is 0. The van der Waals surface area contributed by atoms with Gasteiger partial charge in [-0.25, -0.2) is 0 Å². The van der Waals surface area contributed by atoms with Crippen molar-refractivity contribution in [1.29, 1.82) is 0 Å². The first-order valence-electron chi connectivity index (χ1n) is 8.70. The third kappa shape index (κ3) is 8.70. The summed E-state index contributed by atoms with van der Waals surface area (Å²) in [5.74, 6) is 0.394. The van der Waals surface area contributed by atoms with E-state index in [0.29, 0.717) is 12.2 Å². The van der Waals surface area contributed by atoms with Gasteiger partial charge in [0, 0.05) is 12.8 Å². The summed E-state index contributed by atoms with van der Waals surface area (Å²) < 4.78 is 0. The number of carbonyl (C=O) groups excluding carboxylic acids is 1. The third-order valence-electron chi connectivity index (χ3n) is 3.99. The zero-order valence-corrected chi connectivity index (χ0v) is 14.2. The molecule has 1 rings (SSSR count). The fraction of sp³-hybridized carbons (Fsp3) is 0.650. The van der Waals surface area contributed by atoms with E-state index in [1.807, 2.05) is 0 Å². The first kappa shape index (κ1) is 17.9. The Morgan fingerprint density at radius 2 is 1.33 bits per heavy atom. The third-order valence-corrected chi connectivity index (χ3v) is 3.99. The molecular weight excluding hydrogens is 256 g/mol. The maximum absolute atomic E-state index is 12.0. The predicted molar refractivity (Wildman–Crippen MR) is 91.9 cm³/mol. The molecular formula is C20H32O. The van der Waals surface area contributed by atoms with E-state index in [0.717, 1.165) is 12.8 Å². The summed E-state index contributed by atoms with van der Waals surface area (Å²) in [7, 11) is 0. The molecule has 1 aromatic rings. The molecule has 0 aliphatic rings. The number of hydrogen-bond acceptors (Lipinski definition) is 1. The maximum atomic E-state index is 12.0. The largest absolute Gasteiger partial charge is 0.299 e. The summed E-state index contributed by atoms with van der Waals surface area (Å²) in [4.78, 5) is 12.0. The lowest BCUT2D eigenvalue weighted by Gasteiger charge is -2.05. The summed E-state index contributed by atoms with van der Waals surface area (Å²) >= 11 is 0. The van der Waals surface area contributed by atoms with Crippen molar-refractivity contribution in [2.45, 2.75) is 85.0 Å². The van der Waals surface area contributed by atoms with Crippen LogP contribution in [0.1, 0.15) is 81.4 Å². The van der Waals surface area contributed by atoms with Gasteiger partial charge in [0.2, 0.25) is 0 Å². The molecule has 0 aliphatic heterocycles. The molecule has 0 aromatic heterocycles. The van der Waals surface area contributed by atoms with E-state index in [1.54, 1.807) is 0 Å². The van der Waals surface area contributed by atoms with Gasteiger partial charge in [0.15, 0.2) is 0 Å². The van der Waals surface area contributed by atoms with Crippen molar-refractivity contribution in [3.05, 3.63) is 34.9 Å². The summed E-state index contributed by atoms with van der Waals surface area (Å²) in [6, 6.07) is 6.43. The second-order valence-electron chi connectivity index (χ2n) is 6.44. The minimum Gasteiger partial charge on any atom is -0.299 e. The SMILES string of the molecule is CCCCCCCCCCC(=O)Cc1cc(C)cc(C)c1. The van der Waals surface area contributed by atoms with Gasteiger partial charge in [0.1, 0.15) is 5.78 Å². The van der Waals surface area contributed by atoms with Gasteiger partial charge in [-0.2, -0.15) is 0 Å². The lowest BCUT2D eigenvalue weighted by Crippen LogP contribution is -2.03. The highest BCUT2D eigenvalue weighted by atomic mass is 16.1. The summed E-state index contributed by atoms with van der Waals surface area (Å²) in [5.41, 5.74) is 3.69. The van der Waals surface area contributed by atoms with Gasteiger partial charge in [-0.15, -0.1) is 0 Å². The van der Waals surface area contributed by atoms with Gasteiger partial charge >= 0.3 is 0 Å². The van der Waals surface area contributed by atoms with E-state index in [2.05, 4.69) is 39.0 Å². The first-order valence-corrected chi connectivity index (χ1v) is 8.70. The van der Waals surface area contributed by atoms with Crippen LogP contribution in [0.25, 0.3) is 0 Å². The van der Waals surface area contributed by atoms with Crippen LogP contribution in [-0.4, -0.2) is 5.78 Å². The second-order valence-corrected chi connectivity index (χ2v) is 6.44.